The maximum atomic E-state index is 9.10. The molecule has 1 heterocycles. The van der Waals surface area contributed by atoms with Gasteiger partial charge in [0.2, 0.25) is 0 Å². The van der Waals surface area contributed by atoms with Crippen LogP contribution in [-0.4, -0.2) is 9.55 Å². The van der Waals surface area contributed by atoms with E-state index in [-0.39, 0.29) is 0 Å². The standard InChI is InChI=1S/C17H13N3S/c18-10-11-4-7-15-16(8-11)20(17(21)19-15)14-6-5-12-2-1-3-13(12)9-14/h4-9H,1-3H2,(H,19,21). The average molecular weight is 291 g/mol. The van der Waals surface area contributed by atoms with Crippen molar-refractivity contribution in [2.45, 2.75) is 19.3 Å². The molecule has 1 aliphatic rings. The second-order valence-corrected chi connectivity index (χ2v) is 5.80. The molecule has 0 atom stereocenters. The van der Waals surface area contributed by atoms with E-state index >= 15 is 0 Å². The van der Waals surface area contributed by atoms with Gasteiger partial charge in [-0.25, -0.2) is 0 Å². The molecule has 0 saturated carbocycles. The third kappa shape index (κ3) is 1.90. The fourth-order valence-corrected chi connectivity index (χ4v) is 3.44. The molecule has 0 radical (unpaired) electrons. The third-order valence-electron chi connectivity index (χ3n) is 4.15. The lowest BCUT2D eigenvalue weighted by Gasteiger charge is -2.07. The van der Waals surface area contributed by atoms with E-state index in [4.69, 9.17) is 17.5 Å². The number of aromatic nitrogens is 2. The quantitative estimate of drug-likeness (QED) is 0.687. The van der Waals surface area contributed by atoms with Crippen LogP contribution in [0.2, 0.25) is 0 Å². The largest absolute Gasteiger partial charge is 0.330 e. The maximum Gasteiger partial charge on any atom is 0.182 e. The molecule has 0 unspecified atom stereocenters. The maximum absolute atomic E-state index is 9.10. The van der Waals surface area contributed by atoms with E-state index in [1.165, 1.54) is 24.0 Å². The van der Waals surface area contributed by atoms with Gasteiger partial charge < -0.3 is 4.98 Å². The minimum atomic E-state index is 0.645. The number of nitrogens with zero attached hydrogens (tertiary/aromatic N) is 2. The van der Waals surface area contributed by atoms with Gasteiger partial charge in [-0.05, 0) is 72.9 Å². The van der Waals surface area contributed by atoms with Gasteiger partial charge in [0.1, 0.15) is 0 Å². The zero-order chi connectivity index (χ0) is 14.4. The molecule has 0 aliphatic heterocycles. The van der Waals surface area contributed by atoms with Crippen LogP contribution in [-0.2, 0) is 12.8 Å². The topological polar surface area (TPSA) is 44.5 Å². The predicted octanol–water partition coefficient (Wildman–Crippen LogP) is 4.05. The summed E-state index contributed by atoms with van der Waals surface area (Å²) in [5.41, 5.74) is 6.49. The molecule has 1 aliphatic carbocycles. The summed E-state index contributed by atoms with van der Waals surface area (Å²) in [6.07, 6.45) is 3.55. The predicted molar refractivity (Wildman–Crippen MR) is 85.2 cm³/mol. The van der Waals surface area contributed by atoms with Crippen molar-refractivity contribution < 1.29 is 0 Å². The summed E-state index contributed by atoms with van der Waals surface area (Å²) in [7, 11) is 0. The van der Waals surface area contributed by atoms with Crippen molar-refractivity contribution in [3.05, 3.63) is 57.9 Å². The van der Waals surface area contributed by atoms with Gasteiger partial charge >= 0.3 is 0 Å². The Morgan fingerprint density at radius 3 is 2.81 bits per heavy atom. The highest BCUT2D eigenvalue weighted by Gasteiger charge is 2.13. The second-order valence-electron chi connectivity index (χ2n) is 5.42. The average Bonchev–Trinajstić information content (AvgIpc) is 3.08. The van der Waals surface area contributed by atoms with Crippen molar-refractivity contribution in [2.75, 3.05) is 0 Å². The summed E-state index contributed by atoms with van der Waals surface area (Å²) < 4.78 is 2.68. The Bertz CT molecular complexity index is 956. The minimum absolute atomic E-state index is 0.645. The lowest BCUT2D eigenvalue weighted by atomic mass is 10.1. The summed E-state index contributed by atoms with van der Waals surface area (Å²) in [4.78, 5) is 3.21. The Labute approximate surface area is 127 Å². The molecule has 102 valence electrons. The molecule has 2 aromatic carbocycles. The molecule has 3 nitrogen and oxygen atoms in total. The van der Waals surface area contributed by atoms with E-state index in [0.29, 0.717) is 10.3 Å². The van der Waals surface area contributed by atoms with Crippen LogP contribution in [0, 0.1) is 16.1 Å². The van der Waals surface area contributed by atoms with Crippen molar-refractivity contribution in [3.63, 3.8) is 0 Å². The highest BCUT2D eigenvalue weighted by atomic mass is 32.1. The van der Waals surface area contributed by atoms with E-state index in [1.807, 2.05) is 16.7 Å². The summed E-state index contributed by atoms with van der Waals surface area (Å²) in [5, 5.41) is 9.10. The van der Waals surface area contributed by atoms with E-state index in [0.717, 1.165) is 23.1 Å². The normalized spacial score (nSPS) is 13.3. The van der Waals surface area contributed by atoms with Crippen LogP contribution in [0.5, 0.6) is 0 Å². The fraction of sp³-hybridized carbons (Fsp3) is 0.176. The van der Waals surface area contributed by atoms with Crippen LogP contribution < -0.4 is 0 Å². The number of nitriles is 1. The lowest BCUT2D eigenvalue weighted by molar-refractivity contribution is 0.911. The van der Waals surface area contributed by atoms with Gasteiger partial charge in [-0.2, -0.15) is 5.26 Å². The monoisotopic (exact) mass is 291 g/mol. The second kappa shape index (κ2) is 4.57. The lowest BCUT2D eigenvalue weighted by Crippen LogP contribution is -1.96. The summed E-state index contributed by atoms with van der Waals surface area (Å²) >= 11 is 5.47. The molecule has 0 amide bonds. The number of rotatable bonds is 1. The first-order valence-corrected chi connectivity index (χ1v) is 7.44. The smallest absolute Gasteiger partial charge is 0.182 e. The molecule has 0 fully saturated rings. The zero-order valence-corrected chi connectivity index (χ0v) is 12.2. The van der Waals surface area contributed by atoms with Gasteiger partial charge in [0.05, 0.1) is 22.7 Å². The highest BCUT2D eigenvalue weighted by molar-refractivity contribution is 7.71. The highest BCUT2D eigenvalue weighted by Crippen LogP contribution is 2.27. The number of aromatic amines is 1. The van der Waals surface area contributed by atoms with Crippen molar-refractivity contribution in [1.29, 1.82) is 5.26 Å². The van der Waals surface area contributed by atoms with Crippen LogP contribution in [0.1, 0.15) is 23.1 Å². The Balaban J connectivity index is 1.99. The molecule has 4 heteroatoms. The molecule has 0 saturated heterocycles. The number of hydrogen-bond donors (Lipinski definition) is 1. The zero-order valence-electron chi connectivity index (χ0n) is 11.4. The van der Waals surface area contributed by atoms with Crippen LogP contribution in [0.25, 0.3) is 16.7 Å². The summed E-state index contributed by atoms with van der Waals surface area (Å²) in [5.74, 6) is 0. The number of aryl methyl sites for hydroxylation is 2. The first-order chi connectivity index (χ1) is 10.3. The number of imidazole rings is 1. The van der Waals surface area contributed by atoms with E-state index in [1.54, 1.807) is 6.07 Å². The van der Waals surface area contributed by atoms with Crippen molar-refractivity contribution in [3.8, 4) is 11.8 Å². The van der Waals surface area contributed by atoms with Gasteiger partial charge in [0.15, 0.2) is 4.77 Å². The molecule has 0 spiro atoms. The van der Waals surface area contributed by atoms with Crippen LogP contribution >= 0.6 is 12.2 Å². The van der Waals surface area contributed by atoms with E-state index in [9.17, 15) is 0 Å². The molecule has 21 heavy (non-hydrogen) atoms. The first-order valence-electron chi connectivity index (χ1n) is 7.03. The van der Waals surface area contributed by atoms with Crippen LogP contribution in [0.4, 0.5) is 0 Å². The van der Waals surface area contributed by atoms with Gasteiger partial charge in [0.25, 0.3) is 0 Å². The number of H-pyrrole nitrogens is 1. The number of nitrogens with one attached hydrogen (secondary N) is 1. The van der Waals surface area contributed by atoms with Crippen molar-refractivity contribution in [2.24, 2.45) is 0 Å². The molecule has 1 N–H and O–H groups in total. The van der Waals surface area contributed by atoms with Crippen LogP contribution in [0.3, 0.4) is 0 Å². The molecule has 0 bridgehead atoms. The Morgan fingerprint density at radius 1 is 1.10 bits per heavy atom. The molecular weight excluding hydrogens is 278 g/mol. The molecule has 4 rings (SSSR count). The van der Waals surface area contributed by atoms with Crippen molar-refractivity contribution >= 4 is 23.3 Å². The van der Waals surface area contributed by atoms with E-state index < -0.39 is 0 Å². The summed E-state index contributed by atoms with van der Waals surface area (Å²) in [6, 6.07) is 14.3. The SMILES string of the molecule is N#Cc1ccc2[nH]c(=S)n(-c3ccc4c(c3)CCC4)c2c1. The van der Waals surface area contributed by atoms with Gasteiger partial charge in [-0.1, -0.05) is 6.07 Å². The van der Waals surface area contributed by atoms with Crippen molar-refractivity contribution in [1.82, 2.24) is 9.55 Å². The van der Waals surface area contributed by atoms with E-state index in [2.05, 4.69) is 29.3 Å². The van der Waals surface area contributed by atoms with Gasteiger partial charge in [-0.3, -0.25) is 4.57 Å². The third-order valence-corrected chi connectivity index (χ3v) is 4.44. The Morgan fingerprint density at radius 2 is 1.95 bits per heavy atom. The fourth-order valence-electron chi connectivity index (χ4n) is 3.13. The van der Waals surface area contributed by atoms with Gasteiger partial charge in [-0.15, -0.1) is 0 Å². The molecular formula is C17H13N3S. The molecule has 3 aromatic rings. The van der Waals surface area contributed by atoms with Gasteiger partial charge in [0, 0.05) is 5.69 Å². The Hall–Kier alpha value is -2.38. The molecule has 1 aromatic heterocycles. The first kappa shape index (κ1) is 12.4. The van der Waals surface area contributed by atoms with Crippen LogP contribution in [0.15, 0.2) is 36.4 Å². The number of fused-ring (bicyclic) bond motifs is 2. The Kier molecular flexibility index (Phi) is 2.69. The number of benzene rings is 2. The number of hydrogen-bond acceptors (Lipinski definition) is 2. The summed E-state index contributed by atoms with van der Waals surface area (Å²) in [6.45, 7) is 0. The minimum Gasteiger partial charge on any atom is -0.330 e.